The van der Waals surface area contributed by atoms with Gasteiger partial charge in [-0.3, -0.25) is 4.90 Å². The van der Waals surface area contributed by atoms with E-state index in [0.29, 0.717) is 24.0 Å². The molecule has 118 valence electrons. The van der Waals surface area contributed by atoms with Crippen LogP contribution in [0.2, 0.25) is 0 Å². The van der Waals surface area contributed by atoms with E-state index < -0.39 is 11.7 Å². The predicted molar refractivity (Wildman–Crippen MR) is 83.0 cm³/mol. The Kier molecular flexibility index (Phi) is 4.59. The van der Waals surface area contributed by atoms with Crippen molar-refractivity contribution in [3.8, 4) is 0 Å². The maximum atomic E-state index is 13.3. The molecule has 0 unspecified atom stereocenters. The SMILES string of the molecule is CN1CCN(c2ccc(CBr)cc2C(F)(F)F)CC1(C)C. The number of piperazine rings is 1. The Labute approximate surface area is 132 Å². The first-order valence-corrected chi connectivity index (χ1v) is 7.99. The lowest BCUT2D eigenvalue weighted by Crippen LogP contribution is -2.58. The lowest BCUT2D eigenvalue weighted by atomic mass is 9.98. The van der Waals surface area contributed by atoms with Gasteiger partial charge in [0, 0.05) is 36.2 Å². The van der Waals surface area contributed by atoms with Crippen LogP contribution in [0.3, 0.4) is 0 Å². The van der Waals surface area contributed by atoms with Crippen molar-refractivity contribution in [3.63, 3.8) is 0 Å². The van der Waals surface area contributed by atoms with Crippen LogP contribution in [0.15, 0.2) is 18.2 Å². The third-order valence-corrected chi connectivity index (χ3v) is 4.83. The van der Waals surface area contributed by atoms with E-state index in [4.69, 9.17) is 0 Å². The van der Waals surface area contributed by atoms with Gasteiger partial charge in [-0.05, 0) is 38.6 Å². The number of likely N-dealkylation sites (N-methyl/N-ethyl adjacent to an activating group) is 1. The van der Waals surface area contributed by atoms with Gasteiger partial charge < -0.3 is 4.90 Å². The van der Waals surface area contributed by atoms with E-state index in [-0.39, 0.29) is 11.2 Å². The molecule has 21 heavy (non-hydrogen) atoms. The summed E-state index contributed by atoms with van der Waals surface area (Å²) in [6.45, 7) is 6.06. The highest BCUT2D eigenvalue weighted by Crippen LogP contribution is 2.39. The standard InChI is InChI=1S/C15H20BrF3N2/c1-14(2)10-21(7-6-20(14)3)13-5-4-11(9-16)8-12(13)15(17,18)19/h4-5,8H,6-7,9-10H2,1-3H3. The summed E-state index contributed by atoms with van der Waals surface area (Å²) in [5.41, 5.74) is 0.238. The summed E-state index contributed by atoms with van der Waals surface area (Å²) in [7, 11) is 2.01. The number of rotatable bonds is 2. The molecule has 0 amide bonds. The van der Waals surface area contributed by atoms with E-state index in [1.165, 1.54) is 6.07 Å². The van der Waals surface area contributed by atoms with Crippen LogP contribution in [-0.2, 0) is 11.5 Å². The molecule has 1 aromatic rings. The topological polar surface area (TPSA) is 6.48 Å². The summed E-state index contributed by atoms with van der Waals surface area (Å²) in [6, 6.07) is 4.60. The molecular weight excluding hydrogens is 345 g/mol. The van der Waals surface area contributed by atoms with Crippen LogP contribution >= 0.6 is 15.9 Å². The van der Waals surface area contributed by atoms with Crippen LogP contribution < -0.4 is 4.90 Å². The van der Waals surface area contributed by atoms with Crippen molar-refractivity contribution in [1.29, 1.82) is 0 Å². The number of benzene rings is 1. The molecule has 0 radical (unpaired) electrons. The minimum Gasteiger partial charge on any atom is -0.368 e. The Bertz CT molecular complexity index is 514. The second kappa shape index (κ2) is 5.80. The molecule has 0 aliphatic carbocycles. The van der Waals surface area contributed by atoms with Gasteiger partial charge in [-0.1, -0.05) is 22.0 Å². The zero-order valence-corrected chi connectivity index (χ0v) is 14.1. The number of halogens is 4. The minimum absolute atomic E-state index is 0.144. The van der Waals surface area contributed by atoms with Crippen molar-refractivity contribution in [3.05, 3.63) is 29.3 Å². The summed E-state index contributed by atoms with van der Waals surface area (Å²) in [6.07, 6.45) is -4.33. The smallest absolute Gasteiger partial charge is 0.368 e. The summed E-state index contributed by atoms with van der Waals surface area (Å²) in [5.74, 6) is 0. The van der Waals surface area contributed by atoms with Gasteiger partial charge in [-0.15, -0.1) is 0 Å². The molecule has 1 aliphatic heterocycles. The maximum absolute atomic E-state index is 13.3. The zero-order chi connectivity index (χ0) is 15.8. The molecular formula is C15H20BrF3N2. The molecule has 0 spiro atoms. The predicted octanol–water partition coefficient (Wildman–Crippen LogP) is 4.13. The summed E-state index contributed by atoms with van der Waals surface area (Å²) in [5, 5.41) is 0.421. The van der Waals surface area contributed by atoms with Crippen molar-refractivity contribution in [2.75, 3.05) is 31.6 Å². The van der Waals surface area contributed by atoms with Crippen LogP contribution in [-0.4, -0.2) is 37.1 Å². The number of hydrogen-bond donors (Lipinski definition) is 0. The number of nitrogens with zero attached hydrogens (tertiary/aromatic N) is 2. The first-order chi connectivity index (χ1) is 9.65. The Balaban J connectivity index is 2.40. The summed E-state index contributed by atoms with van der Waals surface area (Å²) in [4.78, 5) is 4.03. The Morgan fingerprint density at radius 1 is 1.24 bits per heavy atom. The number of anilines is 1. The van der Waals surface area contributed by atoms with E-state index in [9.17, 15) is 13.2 Å². The van der Waals surface area contributed by atoms with E-state index in [1.54, 1.807) is 12.1 Å². The van der Waals surface area contributed by atoms with Gasteiger partial charge in [0.05, 0.1) is 5.56 Å². The van der Waals surface area contributed by atoms with Crippen molar-refractivity contribution in [2.24, 2.45) is 0 Å². The van der Waals surface area contributed by atoms with Crippen molar-refractivity contribution in [1.82, 2.24) is 4.90 Å². The van der Waals surface area contributed by atoms with Crippen molar-refractivity contribution >= 4 is 21.6 Å². The van der Waals surface area contributed by atoms with Crippen LogP contribution in [0.4, 0.5) is 18.9 Å². The molecule has 2 rings (SSSR count). The minimum atomic E-state index is -4.33. The van der Waals surface area contributed by atoms with E-state index >= 15 is 0 Å². The average Bonchev–Trinajstić information content (AvgIpc) is 2.40. The third kappa shape index (κ3) is 3.54. The molecule has 0 bridgehead atoms. The molecule has 1 aromatic carbocycles. The van der Waals surface area contributed by atoms with Gasteiger partial charge in [0.15, 0.2) is 0 Å². The Hall–Kier alpha value is -0.750. The first-order valence-electron chi connectivity index (χ1n) is 6.87. The molecule has 6 heteroatoms. The maximum Gasteiger partial charge on any atom is 0.418 e. The largest absolute Gasteiger partial charge is 0.418 e. The fraction of sp³-hybridized carbons (Fsp3) is 0.600. The zero-order valence-electron chi connectivity index (χ0n) is 12.5. The number of hydrogen-bond acceptors (Lipinski definition) is 2. The fourth-order valence-electron chi connectivity index (χ4n) is 2.61. The average molecular weight is 365 g/mol. The molecule has 2 nitrogen and oxygen atoms in total. The Morgan fingerprint density at radius 3 is 2.43 bits per heavy atom. The lowest BCUT2D eigenvalue weighted by Gasteiger charge is -2.46. The van der Waals surface area contributed by atoms with Gasteiger partial charge in [-0.2, -0.15) is 13.2 Å². The van der Waals surface area contributed by atoms with Crippen LogP contribution in [0.5, 0.6) is 0 Å². The first kappa shape index (κ1) is 16.6. The molecule has 0 N–H and O–H groups in total. The molecule has 1 saturated heterocycles. The fourth-order valence-corrected chi connectivity index (χ4v) is 2.96. The van der Waals surface area contributed by atoms with E-state index in [0.717, 1.165) is 6.54 Å². The highest BCUT2D eigenvalue weighted by molar-refractivity contribution is 9.08. The van der Waals surface area contributed by atoms with Crippen LogP contribution in [0.25, 0.3) is 0 Å². The van der Waals surface area contributed by atoms with Gasteiger partial charge >= 0.3 is 6.18 Å². The quantitative estimate of drug-likeness (QED) is 0.728. The second-order valence-corrected chi connectivity index (χ2v) is 6.70. The van der Waals surface area contributed by atoms with E-state index in [2.05, 4.69) is 34.7 Å². The lowest BCUT2D eigenvalue weighted by molar-refractivity contribution is -0.137. The summed E-state index contributed by atoms with van der Waals surface area (Å²) >= 11 is 3.22. The van der Waals surface area contributed by atoms with Gasteiger partial charge in [-0.25, -0.2) is 0 Å². The van der Waals surface area contributed by atoms with Crippen molar-refractivity contribution < 1.29 is 13.2 Å². The van der Waals surface area contributed by atoms with Crippen molar-refractivity contribution in [2.45, 2.75) is 30.9 Å². The normalized spacial score (nSPS) is 19.9. The molecule has 1 aliphatic rings. The molecule has 0 saturated carbocycles. The van der Waals surface area contributed by atoms with E-state index in [1.807, 2.05) is 11.9 Å². The molecule has 0 atom stereocenters. The van der Waals surface area contributed by atoms with Crippen LogP contribution in [0.1, 0.15) is 25.0 Å². The van der Waals surface area contributed by atoms with Gasteiger partial charge in [0.1, 0.15) is 0 Å². The van der Waals surface area contributed by atoms with Gasteiger partial charge in [0.2, 0.25) is 0 Å². The second-order valence-electron chi connectivity index (χ2n) is 6.14. The van der Waals surface area contributed by atoms with Gasteiger partial charge in [0.25, 0.3) is 0 Å². The monoisotopic (exact) mass is 364 g/mol. The third-order valence-electron chi connectivity index (χ3n) is 4.18. The molecule has 1 heterocycles. The highest BCUT2D eigenvalue weighted by atomic mass is 79.9. The summed E-state index contributed by atoms with van der Waals surface area (Å²) < 4.78 is 40.0. The highest BCUT2D eigenvalue weighted by Gasteiger charge is 2.38. The number of alkyl halides is 4. The Morgan fingerprint density at radius 2 is 1.90 bits per heavy atom. The molecule has 1 fully saturated rings. The molecule has 0 aromatic heterocycles. The van der Waals surface area contributed by atoms with Crippen LogP contribution in [0, 0.1) is 0 Å².